The van der Waals surface area contributed by atoms with E-state index >= 15 is 0 Å². The topological polar surface area (TPSA) is 85.2 Å². The van der Waals surface area contributed by atoms with Gasteiger partial charge in [-0.25, -0.2) is 19.7 Å². The van der Waals surface area contributed by atoms with Crippen LogP contribution in [0, 0.1) is 0 Å². The number of alkyl halides is 3. The van der Waals surface area contributed by atoms with Crippen molar-refractivity contribution in [2.24, 2.45) is 0 Å². The lowest BCUT2D eigenvalue weighted by Gasteiger charge is -2.27. The Morgan fingerprint density at radius 2 is 1.89 bits per heavy atom. The molecule has 4 rings (SSSR count). The molecule has 0 bridgehead atoms. The van der Waals surface area contributed by atoms with Crippen LogP contribution in [-0.2, 0) is 6.54 Å². The molecule has 4 aromatic rings. The summed E-state index contributed by atoms with van der Waals surface area (Å²) >= 11 is 0. The molecule has 0 unspecified atom stereocenters. The van der Waals surface area contributed by atoms with Crippen molar-refractivity contribution >= 4 is 11.7 Å². The van der Waals surface area contributed by atoms with Gasteiger partial charge in [-0.3, -0.25) is 4.57 Å². The zero-order valence-corrected chi connectivity index (χ0v) is 19.5. The van der Waals surface area contributed by atoms with Crippen LogP contribution in [0.25, 0.3) is 17.1 Å². The minimum absolute atomic E-state index is 0.145. The van der Waals surface area contributed by atoms with Gasteiger partial charge in [0.15, 0.2) is 0 Å². The van der Waals surface area contributed by atoms with Gasteiger partial charge in [-0.05, 0) is 49.7 Å². The summed E-state index contributed by atoms with van der Waals surface area (Å²) in [7, 11) is 0. The average molecular weight is 496 g/mol. The van der Waals surface area contributed by atoms with Crippen LogP contribution in [0.3, 0.4) is 0 Å². The first-order chi connectivity index (χ1) is 17.2. The van der Waals surface area contributed by atoms with E-state index in [0.717, 1.165) is 29.0 Å². The first-order valence-electron chi connectivity index (χ1n) is 11.0. The average Bonchev–Trinajstić information content (AvgIpc) is 3.38. The number of imidazole rings is 1. The maximum atomic E-state index is 13.0. The van der Waals surface area contributed by atoms with E-state index in [0.29, 0.717) is 18.1 Å². The summed E-state index contributed by atoms with van der Waals surface area (Å²) in [5.74, 6) is 0.316. The molecule has 8 nitrogen and oxygen atoms in total. The highest BCUT2D eigenvalue weighted by Gasteiger charge is 2.31. The highest BCUT2D eigenvalue weighted by atomic mass is 19.4. The number of carbonyl (C=O) groups excluding carboxylic acids is 1. The number of nitrogens with zero attached hydrogens (tertiary/aromatic N) is 5. The van der Waals surface area contributed by atoms with Gasteiger partial charge in [0.25, 0.3) is 0 Å². The number of nitrogens with one attached hydrogen (secondary N) is 1. The molecule has 1 N–H and O–H groups in total. The van der Waals surface area contributed by atoms with Crippen molar-refractivity contribution in [3.8, 4) is 22.8 Å². The third-order valence-corrected chi connectivity index (χ3v) is 5.22. The Bertz CT molecular complexity index is 1310. The zero-order valence-electron chi connectivity index (χ0n) is 19.5. The first kappa shape index (κ1) is 24.7. The van der Waals surface area contributed by atoms with Crippen LogP contribution in [0.2, 0.25) is 0 Å². The Balaban J connectivity index is 1.48. The lowest BCUT2D eigenvalue weighted by atomic mass is 10.1. The molecule has 36 heavy (non-hydrogen) atoms. The van der Waals surface area contributed by atoms with Gasteiger partial charge in [0.1, 0.15) is 24.2 Å². The molecule has 0 atom stereocenters. The van der Waals surface area contributed by atoms with Gasteiger partial charge in [-0.2, -0.15) is 0 Å². The molecule has 0 radical (unpaired) electrons. The van der Waals surface area contributed by atoms with Crippen LogP contribution in [0.5, 0.6) is 5.75 Å². The highest BCUT2D eigenvalue weighted by Crippen LogP contribution is 2.25. The van der Waals surface area contributed by atoms with Crippen LogP contribution in [0.15, 0.2) is 79.6 Å². The summed E-state index contributed by atoms with van der Waals surface area (Å²) in [4.78, 5) is 27.3. The van der Waals surface area contributed by atoms with Gasteiger partial charge in [0.2, 0.25) is 0 Å². The van der Waals surface area contributed by atoms with Crippen molar-refractivity contribution in [2.45, 2.75) is 32.8 Å². The summed E-state index contributed by atoms with van der Waals surface area (Å²) in [6.07, 6.45) is 1.81. The van der Waals surface area contributed by atoms with Gasteiger partial charge in [0, 0.05) is 42.3 Å². The van der Waals surface area contributed by atoms with Crippen LogP contribution < -0.4 is 10.1 Å². The van der Waals surface area contributed by atoms with Crippen molar-refractivity contribution in [2.75, 3.05) is 5.32 Å². The third-order valence-electron chi connectivity index (χ3n) is 5.22. The van der Waals surface area contributed by atoms with Crippen LogP contribution in [-0.4, -0.2) is 42.9 Å². The van der Waals surface area contributed by atoms with E-state index in [9.17, 15) is 18.0 Å². The number of benzene rings is 2. The second-order valence-corrected chi connectivity index (χ2v) is 8.16. The van der Waals surface area contributed by atoms with Gasteiger partial charge in [-0.1, -0.05) is 18.2 Å². The number of hydrogen-bond donors (Lipinski definition) is 1. The normalized spacial score (nSPS) is 11.4. The van der Waals surface area contributed by atoms with Crippen molar-refractivity contribution in [1.29, 1.82) is 0 Å². The molecule has 2 aromatic carbocycles. The van der Waals surface area contributed by atoms with Gasteiger partial charge in [-0.15, -0.1) is 13.2 Å². The number of amides is 2. The van der Waals surface area contributed by atoms with Gasteiger partial charge >= 0.3 is 12.4 Å². The maximum absolute atomic E-state index is 13.0. The van der Waals surface area contributed by atoms with E-state index in [2.05, 4.69) is 25.0 Å². The number of urea groups is 1. The molecule has 0 aliphatic heterocycles. The fourth-order valence-electron chi connectivity index (χ4n) is 3.49. The monoisotopic (exact) mass is 496 g/mol. The maximum Gasteiger partial charge on any atom is 0.573 e. The number of aromatic nitrogens is 4. The number of rotatable bonds is 7. The fourth-order valence-corrected chi connectivity index (χ4v) is 3.49. The van der Waals surface area contributed by atoms with Crippen molar-refractivity contribution in [1.82, 2.24) is 24.4 Å². The lowest BCUT2D eigenvalue weighted by Crippen LogP contribution is -2.39. The zero-order chi connectivity index (χ0) is 25.7. The van der Waals surface area contributed by atoms with Gasteiger partial charge < -0.3 is 15.0 Å². The van der Waals surface area contributed by atoms with Crippen molar-refractivity contribution in [3.05, 3.63) is 85.2 Å². The molecule has 0 fully saturated rings. The molecule has 0 saturated heterocycles. The van der Waals surface area contributed by atoms with Crippen molar-refractivity contribution in [3.63, 3.8) is 0 Å². The van der Waals surface area contributed by atoms with E-state index in [1.54, 1.807) is 28.2 Å². The fraction of sp³-hybridized carbons (Fsp3) is 0.200. The Labute approximate surface area is 205 Å². The van der Waals surface area contributed by atoms with Crippen LogP contribution in [0.4, 0.5) is 23.7 Å². The molecule has 2 heterocycles. The molecule has 2 aromatic heterocycles. The number of halogens is 3. The van der Waals surface area contributed by atoms with E-state index in [1.165, 1.54) is 18.5 Å². The predicted molar refractivity (Wildman–Crippen MR) is 127 cm³/mol. The molecular formula is C25H23F3N6O2. The smallest absolute Gasteiger partial charge is 0.406 e. The van der Waals surface area contributed by atoms with E-state index < -0.39 is 6.36 Å². The number of carbonyl (C=O) groups is 1. The number of ether oxygens (including phenoxy) is 1. The summed E-state index contributed by atoms with van der Waals surface area (Å²) in [6, 6.07) is 14.0. The standard InChI is InChI=1S/C25H23F3N6O2/c1-17(2)34(24(35)32-20-6-8-21(9-7-20)36-25(26,27)28)14-18-4-3-5-19(12-18)22-13-23(31-15-30-22)33-11-10-29-16-33/h3-13,15-17H,14H2,1-2H3,(H,32,35). The summed E-state index contributed by atoms with van der Waals surface area (Å²) in [5, 5.41) is 2.72. The molecule has 2 amide bonds. The minimum Gasteiger partial charge on any atom is -0.406 e. The molecule has 0 spiro atoms. The number of anilines is 1. The summed E-state index contributed by atoms with van der Waals surface area (Å²) in [6.45, 7) is 4.07. The SMILES string of the molecule is CC(C)N(Cc1cccc(-c2cc(-n3ccnc3)ncn2)c1)C(=O)Nc1ccc(OC(F)(F)F)cc1. The highest BCUT2D eigenvalue weighted by molar-refractivity contribution is 5.89. The first-order valence-corrected chi connectivity index (χ1v) is 11.0. The minimum atomic E-state index is -4.78. The molecular weight excluding hydrogens is 473 g/mol. The summed E-state index contributed by atoms with van der Waals surface area (Å²) < 4.78 is 42.7. The third kappa shape index (κ3) is 6.38. The predicted octanol–water partition coefficient (Wildman–Crippen LogP) is 5.67. The summed E-state index contributed by atoms with van der Waals surface area (Å²) in [5.41, 5.74) is 2.81. The Morgan fingerprint density at radius 3 is 2.56 bits per heavy atom. The Morgan fingerprint density at radius 1 is 1.11 bits per heavy atom. The number of hydrogen-bond acceptors (Lipinski definition) is 5. The molecule has 0 aliphatic rings. The quantitative estimate of drug-likeness (QED) is 0.356. The van der Waals surface area contributed by atoms with E-state index in [4.69, 9.17) is 0 Å². The lowest BCUT2D eigenvalue weighted by molar-refractivity contribution is -0.274. The molecule has 0 saturated carbocycles. The Kier molecular flexibility index (Phi) is 7.18. The van der Waals surface area contributed by atoms with Crippen molar-refractivity contribution < 1.29 is 22.7 Å². The van der Waals surface area contributed by atoms with Gasteiger partial charge in [0.05, 0.1) is 5.69 Å². The second-order valence-electron chi connectivity index (χ2n) is 8.16. The molecule has 186 valence electrons. The second kappa shape index (κ2) is 10.5. The Hall–Kier alpha value is -4.41. The van der Waals surface area contributed by atoms with E-state index in [1.807, 2.05) is 44.2 Å². The molecule has 0 aliphatic carbocycles. The molecule has 11 heteroatoms. The van der Waals surface area contributed by atoms with Crippen LogP contribution >= 0.6 is 0 Å². The van der Waals surface area contributed by atoms with E-state index in [-0.39, 0.29) is 17.8 Å². The largest absolute Gasteiger partial charge is 0.573 e. The van der Waals surface area contributed by atoms with Crippen LogP contribution in [0.1, 0.15) is 19.4 Å².